The van der Waals surface area contributed by atoms with Crippen LogP contribution in [0.3, 0.4) is 0 Å². The van der Waals surface area contributed by atoms with E-state index in [0.717, 1.165) is 16.6 Å². The van der Waals surface area contributed by atoms with Crippen molar-refractivity contribution in [3.63, 3.8) is 0 Å². The Bertz CT molecular complexity index is 304. The Balaban J connectivity index is 1.86. The van der Waals surface area contributed by atoms with Crippen LogP contribution in [0.5, 0.6) is 0 Å². The van der Waals surface area contributed by atoms with Crippen molar-refractivity contribution in [3.8, 4) is 0 Å². The van der Waals surface area contributed by atoms with Crippen LogP contribution >= 0.6 is 11.3 Å². The van der Waals surface area contributed by atoms with Gasteiger partial charge in [0, 0.05) is 6.04 Å². The summed E-state index contributed by atoms with van der Waals surface area (Å²) in [5.41, 5.74) is 0. The summed E-state index contributed by atoms with van der Waals surface area (Å²) in [6.07, 6.45) is 3.39. The standard InChI is InChI=1S/C10H18N4S/c1-3-9-12-13-10(15-9)11-8-4-6-14(2)7-5-8/h8H,3-7H2,1-2H3,(H,11,13). The molecule has 1 aliphatic heterocycles. The van der Waals surface area contributed by atoms with Gasteiger partial charge in [-0.15, -0.1) is 10.2 Å². The van der Waals surface area contributed by atoms with E-state index in [0.29, 0.717) is 6.04 Å². The van der Waals surface area contributed by atoms with Crippen LogP contribution < -0.4 is 5.32 Å². The van der Waals surface area contributed by atoms with Crippen LogP contribution in [0.1, 0.15) is 24.8 Å². The second kappa shape index (κ2) is 4.90. The molecule has 0 amide bonds. The molecule has 0 aliphatic carbocycles. The molecule has 0 saturated carbocycles. The van der Waals surface area contributed by atoms with Crippen LogP contribution in [-0.4, -0.2) is 41.3 Å². The van der Waals surface area contributed by atoms with Crippen molar-refractivity contribution in [2.45, 2.75) is 32.2 Å². The van der Waals surface area contributed by atoms with E-state index >= 15 is 0 Å². The van der Waals surface area contributed by atoms with Gasteiger partial charge in [-0.1, -0.05) is 18.3 Å². The molecule has 5 heteroatoms. The molecule has 0 aromatic carbocycles. The minimum atomic E-state index is 0.582. The molecule has 0 spiro atoms. The predicted molar refractivity (Wildman–Crippen MR) is 63.4 cm³/mol. The summed E-state index contributed by atoms with van der Waals surface area (Å²) in [4.78, 5) is 2.37. The molecule has 1 aliphatic rings. The Kier molecular flexibility index (Phi) is 3.53. The molecule has 0 atom stereocenters. The van der Waals surface area contributed by atoms with E-state index in [1.165, 1.54) is 25.9 Å². The number of rotatable bonds is 3. The summed E-state index contributed by atoms with van der Waals surface area (Å²) in [6, 6.07) is 0.582. The van der Waals surface area contributed by atoms with Gasteiger partial charge in [0.25, 0.3) is 0 Å². The van der Waals surface area contributed by atoms with Crippen molar-refractivity contribution in [1.29, 1.82) is 0 Å². The number of aromatic nitrogens is 2. The smallest absolute Gasteiger partial charge is 0.205 e. The number of hydrogen-bond donors (Lipinski definition) is 1. The summed E-state index contributed by atoms with van der Waals surface area (Å²) < 4.78 is 0. The molecule has 1 aromatic rings. The summed E-state index contributed by atoms with van der Waals surface area (Å²) in [6.45, 7) is 4.47. The lowest BCUT2D eigenvalue weighted by Crippen LogP contribution is -2.36. The molecule has 1 saturated heterocycles. The minimum absolute atomic E-state index is 0.582. The van der Waals surface area contributed by atoms with E-state index in [1.807, 2.05) is 0 Å². The van der Waals surface area contributed by atoms with Crippen LogP contribution in [0, 0.1) is 0 Å². The second-order valence-electron chi connectivity index (χ2n) is 4.08. The summed E-state index contributed by atoms with van der Waals surface area (Å²) in [5.74, 6) is 0. The van der Waals surface area contributed by atoms with Crippen molar-refractivity contribution < 1.29 is 0 Å². The van der Waals surface area contributed by atoms with Gasteiger partial charge in [-0.25, -0.2) is 0 Å². The van der Waals surface area contributed by atoms with Gasteiger partial charge in [0.15, 0.2) is 0 Å². The van der Waals surface area contributed by atoms with Crippen molar-refractivity contribution in [1.82, 2.24) is 15.1 Å². The number of likely N-dealkylation sites (tertiary alicyclic amines) is 1. The molecule has 2 rings (SSSR count). The number of aryl methyl sites for hydroxylation is 1. The molecule has 1 N–H and O–H groups in total. The summed E-state index contributed by atoms with van der Waals surface area (Å²) in [7, 11) is 2.18. The van der Waals surface area contributed by atoms with Crippen LogP contribution in [0.15, 0.2) is 0 Å². The first-order valence-electron chi connectivity index (χ1n) is 5.55. The molecule has 2 heterocycles. The minimum Gasteiger partial charge on any atom is -0.357 e. The fraction of sp³-hybridized carbons (Fsp3) is 0.800. The van der Waals surface area contributed by atoms with Gasteiger partial charge in [0.1, 0.15) is 5.01 Å². The average molecular weight is 226 g/mol. The quantitative estimate of drug-likeness (QED) is 0.850. The highest BCUT2D eigenvalue weighted by Gasteiger charge is 2.17. The Morgan fingerprint density at radius 2 is 2.13 bits per heavy atom. The summed E-state index contributed by atoms with van der Waals surface area (Å²) in [5, 5.41) is 13.8. The van der Waals surface area contributed by atoms with Crippen molar-refractivity contribution >= 4 is 16.5 Å². The van der Waals surface area contributed by atoms with E-state index < -0.39 is 0 Å². The molecular formula is C10H18N4S. The van der Waals surface area contributed by atoms with Crippen LogP contribution in [0.4, 0.5) is 5.13 Å². The number of hydrogen-bond acceptors (Lipinski definition) is 5. The molecule has 0 bridgehead atoms. The van der Waals surface area contributed by atoms with E-state index in [9.17, 15) is 0 Å². The first-order chi connectivity index (χ1) is 7.28. The SMILES string of the molecule is CCc1nnc(NC2CCN(C)CC2)s1. The molecule has 84 valence electrons. The van der Waals surface area contributed by atoms with Gasteiger partial charge in [-0.05, 0) is 39.4 Å². The zero-order valence-corrected chi connectivity index (χ0v) is 10.2. The molecule has 1 fully saturated rings. The molecule has 1 aromatic heterocycles. The third-order valence-corrected chi connectivity index (χ3v) is 3.81. The zero-order valence-electron chi connectivity index (χ0n) is 9.36. The maximum atomic E-state index is 4.14. The third kappa shape index (κ3) is 2.89. The van der Waals surface area contributed by atoms with E-state index in [4.69, 9.17) is 0 Å². The number of piperidine rings is 1. The van der Waals surface area contributed by atoms with E-state index in [2.05, 4.69) is 34.4 Å². The molecule has 0 unspecified atom stereocenters. The van der Waals surface area contributed by atoms with Gasteiger partial charge >= 0.3 is 0 Å². The van der Waals surface area contributed by atoms with Crippen LogP contribution in [-0.2, 0) is 6.42 Å². The Morgan fingerprint density at radius 3 is 2.73 bits per heavy atom. The Morgan fingerprint density at radius 1 is 1.40 bits per heavy atom. The van der Waals surface area contributed by atoms with E-state index in [-0.39, 0.29) is 0 Å². The van der Waals surface area contributed by atoms with Gasteiger partial charge in [-0.3, -0.25) is 0 Å². The zero-order chi connectivity index (χ0) is 10.7. The lowest BCUT2D eigenvalue weighted by molar-refractivity contribution is 0.264. The van der Waals surface area contributed by atoms with Crippen LogP contribution in [0.2, 0.25) is 0 Å². The third-order valence-electron chi connectivity index (χ3n) is 2.82. The van der Waals surface area contributed by atoms with Crippen molar-refractivity contribution in [2.24, 2.45) is 0 Å². The van der Waals surface area contributed by atoms with Gasteiger partial charge in [0.2, 0.25) is 5.13 Å². The van der Waals surface area contributed by atoms with Crippen molar-refractivity contribution in [2.75, 3.05) is 25.5 Å². The fourth-order valence-corrected chi connectivity index (χ4v) is 2.54. The normalized spacial score (nSPS) is 19.3. The predicted octanol–water partition coefficient (Wildman–Crippen LogP) is 1.61. The largest absolute Gasteiger partial charge is 0.357 e. The first-order valence-corrected chi connectivity index (χ1v) is 6.37. The highest BCUT2D eigenvalue weighted by Crippen LogP contribution is 2.19. The second-order valence-corrected chi connectivity index (χ2v) is 5.14. The van der Waals surface area contributed by atoms with Crippen molar-refractivity contribution in [3.05, 3.63) is 5.01 Å². The Hall–Kier alpha value is -0.680. The highest BCUT2D eigenvalue weighted by atomic mass is 32.1. The number of nitrogens with one attached hydrogen (secondary N) is 1. The lowest BCUT2D eigenvalue weighted by atomic mass is 10.1. The molecule has 0 radical (unpaired) electrons. The molecule has 4 nitrogen and oxygen atoms in total. The Labute approximate surface area is 94.7 Å². The lowest BCUT2D eigenvalue weighted by Gasteiger charge is -2.29. The van der Waals surface area contributed by atoms with Gasteiger partial charge in [-0.2, -0.15) is 0 Å². The topological polar surface area (TPSA) is 41.1 Å². The maximum Gasteiger partial charge on any atom is 0.205 e. The number of nitrogens with zero attached hydrogens (tertiary/aromatic N) is 3. The molecule has 15 heavy (non-hydrogen) atoms. The fourth-order valence-electron chi connectivity index (χ4n) is 1.78. The van der Waals surface area contributed by atoms with Gasteiger partial charge < -0.3 is 10.2 Å². The number of anilines is 1. The van der Waals surface area contributed by atoms with E-state index in [1.54, 1.807) is 11.3 Å². The first kappa shape index (κ1) is 10.8. The maximum absolute atomic E-state index is 4.14. The van der Waals surface area contributed by atoms with Gasteiger partial charge in [0.05, 0.1) is 0 Å². The monoisotopic (exact) mass is 226 g/mol. The van der Waals surface area contributed by atoms with Crippen LogP contribution in [0.25, 0.3) is 0 Å². The summed E-state index contributed by atoms with van der Waals surface area (Å²) >= 11 is 1.68. The average Bonchev–Trinajstić information content (AvgIpc) is 2.69. The molecular weight excluding hydrogens is 208 g/mol. The highest BCUT2D eigenvalue weighted by molar-refractivity contribution is 7.15.